The van der Waals surface area contributed by atoms with Gasteiger partial charge in [-0.15, -0.1) is 0 Å². The van der Waals surface area contributed by atoms with Crippen LogP contribution in [0.2, 0.25) is 0 Å². The summed E-state index contributed by atoms with van der Waals surface area (Å²) in [5.41, 5.74) is 5.01. The normalized spacial score (nSPS) is 16.7. The van der Waals surface area contributed by atoms with Gasteiger partial charge in [0.15, 0.2) is 0 Å². The van der Waals surface area contributed by atoms with Crippen LogP contribution >= 0.6 is 7.75 Å². The van der Waals surface area contributed by atoms with E-state index in [1.807, 2.05) is 0 Å². The van der Waals surface area contributed by atoms with Crippen molar-refractivity contribution in [2.24, 2.45) is 5.50 Å². The summed E-state index contributed by atoms with van der Waals surface area (Å²) in [5.74, 6) is 0. The SMILES string of the molecule is CCOP(N)(=O)OCCO. The first-order valence-corrected chi connectivity index (χ1v) is 4.52. The summed E-state index contributed by atoms with van der Waals surface area (Å²) >= 11 is 0. The van der Waals surface area contributed by atoms with E-state index < -0.39 is 7.75 Å². The predicted octanol–water partition coefficient (Wildman–Crippen LogP) is 0.0986. The van der Waals surface area contributed by atoms with Gasteiger partial charge in [0.1, 0.15) is 0 Å². The van der Waals surface area contributed by atoms with Crippen LogP contribution in [0.25, 0.3) is 0 Å². The molecule has 5 nitrogen and oxygen atoms in total. The topological polar surface area (TPSA) is 81.8 Å². The first kappa shape index (κ1) is 10.1. The molecule has 10 heavy (non-hydrogen) atoms. The highest BCUT2D eigenvalue weighted by Gasteiger charge is 2.15. The van der Waals surface area contributed by atoms with E-state index in [0.29, 0.717) is 0 Å². The standard InChI is InChI=1S/C4H12NO4P/c1-2-8-10(5,7)9-4-3-6/h6H,2-4H2,1H3,(H2,5,7). The molecule has 0 aromatic heterocycles. The van der Waals surface area contributed by atoms with Crippen LogP contribution in [0.3, 0.4) is 0 Å². The van der Waals surface area contributed by atoms with Gasteiger partial charge in [0.05, 0.1) is 19.8 Å². The molecule has 0 aliphatic carbocycles. The average molecular weight is 169 g/mol. The highest BCUT2D eigenvalue weighted by molar-refractivity contribution is 7.51. The maximum absolute atomic E-state index is 10.8. The van der Waals surface area contributed by atoms with Crippen molar-refractivity contribution in [3.05, 3.63) is 0 Å². The second-order valence-electron chi connectivity index (χ2n) is 1.51. The lowest BCUT2D eigenvalue weighted by Crippen LogP contribution is -2.06. The minimum absolute atomic E-state index is 0.0617. The van der Waals surface area contributed by atoms with Gasteiger partial charge < -0.3 is 5.11 Å². The van der Waals surface area contributed by atoms with Gasteiger partial charge in [0.25, 0.3) is 0 Å². The molecule has 0 spiro atoms. The molecule has 6 heteroatoms. The Bertz CT molecular complexity index is 128. The number of rotatable bonds is 5. The Labute approximate surface area is 59.7 Å². The van der Waals surface area contributed by atoms with Gasteiger partial charge in [-0.1, -0.05) is 0 Å². The highest BCUT2D eigenvalue weighted by atomic mass is 31.2. The molecule has 0 aromatic rings. The first-order chi connectivity index (χ1) is 4.62. The average Bonchev–Trinajstić information content (AvgIpc) is 1.84. The highest BCUT2D eigenvalue weighted by Crippen LogP contribution is 2.38. The number of hydrogen-bond donors (Lipinski definition) is 2. The summed E-state index contributed by atoms with van der Waals surface area (Å²) < 4.78 is 19.8. The summed E-state index contributed by atoms with van der Waals surface area (Å²) in [4.78, 5) is 0. The Morgan fingerprint density at radius 2 is 2.20 bits per heavy atom. The molecule has 0 radical (unpaired) electrons. The van der Waals surface area contributed by atoms with E-state index in [9.17, 15) is 4.57 Å². The van der Waals surface area contributed by atoms with Crippen molar-refractivity contribution in [2.75, 3.05) is 19.8 Å². The second-order valence-corrected chi connectivity index (χ2v) is 3.11. The van der Waals surface area contributed by atoms with E-state index in [-0.39, 0.29) is 19.8 Å². The zero-order chi connectivity index (χ0) is 8.04. The minimum atomic E-state index is -3.37. The summed E-state index contributed by atoms with van der Waals surface area (Å²) in [6.07, 6.45) is 0. The molecule has 0 saturated carbocycles. The van der Waals surface area contributed by atoms with Crippen LogP contribution in [0.4, 0.5) is 0 Å². The van der Waals surface area contributed by atoms with Gasteiger partial charge in [0.2, 0.25) is 0 Å². The molecule has 3 N–H and O–H groups in total. The molecule has 0 aromatic carbocycles. The van der Waals surface area contributed by atoms with E-state index in [1.165, 1.54) is 0 Å². The van der Waals surface area contributed by atoms with Crippen LogP contribution in [-0.2, 0) is 13.6 Å². The summed E-state index contributed by atoms with van der Waals surface area (Å²) in [6.45, 7) is 1.61. The van der Waals surface area contributed by atoms with Gasteiger partial charge in [-0.05, 0) is 6.92 Å². The lowest BCUT2D eigenvalue weighted by Gasteiger charge is -2.10. The molecule has 0 amide bonds. The van der Waals surface area contributed by atoms with Crippen molar-refractivity contribution in [2.45, 2.75) is 6.92 Å². The zero-order valence-electron chi connectivity index (χ0n) is 5.82. The lowest BCUT2D eigenvalue weighted by atomic mass is 10.8. The van der Waals surface area contributed by atoms with E-state index in [2.05, 4.69) is 9.05 Å². The Morgan fingerprint density at radius 3 is 2.60 bits per heavy atom. The van der Waals surface area contributed by atoms with Gasteiger partial charge in [-0.3, -0.25) is 9.05 Å². The lowest BCUT2D eigenvalue weighted by molar-refractivity contribution is 0.164. The van der Waals surface area contributed by atoms with Gasteiger partial charge in [-0.25, -0.2) is 10.1 Å². The van der Waals surface area contributed by atoms with Crippen LogP contribution in [0, 0.1) is 0 Å². The molecule has 0 aliphatic heterocycles. The third-order valence-corrected chi connectivity index (χ3v) is 1.83. The quantitative estimate of drug-likeness (QED) is 0.570. The molecule has 0 saturated heterocycles. The van der Waals surface area contributed by atoms with Crippen LogP contribution in [0.15, 0.2) is 0 Å². The smallest absolute Gasteiger partial charge is 0.394 e. The molecule has 0 rings (SSSR count). The van der Waals surface area contributed by atoms with Crippen LogP contribution in [-0.4, -0.2) is 24.9 Å². The fourth-order valence-corrected chi connectivity index (χ4v) is 1.16. The third kappa shape index (κ3) is 4.90. The fourth-order valence-electron chi connectivity index (χ4n) is 0.385. The van der Waals surface area contributed by atoms with Crippen molar-refractivity contribution in [1.82, 2.24) is 0 Å². The molecule has 1 atom stereocenters. The minimum Gasteiger partial charge on any atom is -0.394 e. The molecular weight excluding hydrogens is 157 g/mol. The van der Waals surface area contributed by atoms with Crippen molar-refractivity contribution < 1.29 is 18.7 Å². The van der Waals surface area contributed by atoms with Gasteiger partial charge >= 0.3 is 7.75 Å². The number of aliphatic hydroxyl groups excluding tert-OH is 1. The molecule has 0 bridgehead atoms. The Kier molecular flexibility index (Phi) is 4.85. The van der Waals surface area contributed by atoms with Crippen LogP contribution < -0.4 is 5.50 Å². The fraction of sp³-hybridized carbons (Fsp3) is 1.00. The van der Waals surface area contributed by atoms with E-state index >= 15 is 0 Å². The molecule has 1 unspecified atom stereocenters. The number of nitrogens with two attached hydrogens (primary N) is 1. The molecule has 0 aliphatic rings. The summed E-state index contributed by atoms with van der Waals surface area (Å²) in [7, 11) is -3.37. The summed E-state index contributed by atoms with van der Waals surface area (Å²) in [5, 5.41) is 8.24. The van der Waals surface area contributed by atoms with E-state index in [1.54, 1.807) is 6.92 Å². The molecule has 0 heterocycles. The maximum atomic E-state index is 10.8. The van der Waals surface area contributed by atoms with Gasteiger partial charge in [-0.2, -0.15) is 0 Å². The van der Waals surface area contributed by atoms with Crippen molar-refractivity contribution in [1.29, 1.82) is 0 Å². The molecular formula is C4H12NO4P. The monoisotopic (exact) mass is 169 g/mol. The third-order valence-electron chi connectivity index (χ3n) is 0.672. The van der Waals surface area contributed by atoms with Crippen molar-refractivity contribution >= 4 is 7.75 Å². The van der Waals surface area contributed by atoms with E-state index in [0.717, 1.165) is 0 Å². The predicted molar refractivity (Wildman–Crippen MR) is 36.5 cm³/mol. The van der Waals surface area contributed by atoms with Crippen LogP contribution in [0.5, 0.6) is 0 Å². The number of aliphatic hydroxyl groups is 1. The zero-order valence-corrected chi connectivity index (χ0v) is 6.71. The first-order valence-electron chi connectivity index (χ1n) is 2.91. The Balaban J connectivity index is 3.53. The van der Waals surface area contributed by atoms with Crippen LogP contribution in [0.1, 0.15) is 6.92 Å². The Morgan fingerprint density at radius 1 is 1.60 bits per heavy atom. The number of hydrogen-bond acceptors (Lipinski definition) is 4. The van der Waals surface area contributed by atoms with Crippen molar-refractivity contribution in [3.8, 4) is 0 Å². The maximum Gasteiger partial charge on any atom is 0.402 e. The molecule has 62 valence electrons. The summed E-state index contributed by atoms with van der Waals surface area (Å²) in [6, 6.07) is 0. The second kappa shape index (κ2) is 4.82. The van der Waals surface area contributed by atoms with Gasteiger partial charge in [0, 0.05) is 0 Å². The van der Waals surface area contributed by atoms with E-state index in [4.69, 9.17) is 10.6 Å². The molecule has 0 fully saturated rings. The largest absolute Gasteiger partial charge is 0.402 e. The Hall–Kier alpha value is 0.0700. The van der Waals surface area contributed by atoms with Crippen molar-refractivity contribution in [3.63, 3.8) is 0 Å².